The number of hydrogen-bond donors (Lipinski definition) is 0. The molecule has 0 N–H and O–H groups in total. The van der Waals surface area contributed by atoms with E-state index >= 15 is 0 Å². The maximum atomic E-state index is 12.4. The number of imide groups is 2. The molecule has 2 aliphatic heterocycles. The number of barbiturate groups is 1. The monoisotopic (exact) mass is 392 g/mol. The largest absolute Gasteiger partial charge is 0.368 e. The molecule has 0 atom stereocenters. The molecule has 0 bridgehead atoms. The molecule has 0 aliphatic carbocycles. The summed E-state index contributed by atoms with van der Waals surface area (Å²) in [5.74, 6) is -1.13. The lowest BCUT2D eigenvalue weighted by atomic mass is 10.0. The summed E-state index contributed by atoms with van der Waals surface area (Å²) in [4.78, 5) is 43.4. The Balaban J connectivity index is 0.00000261. The van der Waals surface area contributed by atoms with Crippen LogP contribution in [0.5, 0.6) is 0 Å². The van der Waals surface area contributed by atoms with E-state index in [0.717, 1.165) is 53.8 Å². The van der Waals surface area contributed by atoms with Gasteiger partial charge in [0.2, 0.25) is 0 Å². The van der Waals surface area contributed by atoms with E-state index < -0.39 is 17.8 Å². The van der Waals surface area contributed by atoms with Gasteiger partial charge in [0.1, 0.15) is 5.57 Å². The number of anilines is 1. The van der Waals surface area contributed by atoms with Gasteiger partial charge in [-0.3, -0.25) is 19.4 Å². The number of amides is 4. The third-order valence-corrected chi connectivity index (χ3v) is 5.04. The van der Waals surface area contributed by atoms with Crippen molar-refractivity contribution in [3.05, 3.63) is 35.4 Å². The van der Waals surface area contributed by atoms with Crippen molar-refractivity contribution in [3.63, 3.8) is 0 Å². The van der Waals surface area contributed by atoms with Crippen molar-refractivity contribution >= 4 is 42.0 Å². The van der Waals surface area contributed by atoms with E-state index in [4.69, 9.17) is 0 Å². The van der Waals surface area contributed by atoms with Crippen molar-refractivity contribution in [2.75, 3.05) is 51.7 Å². The number of nitrogens with zero attached hydrogens (tertiary/aromatic N) is 4. The molecular formula is C19H25ClN4O3. The molecule has 7 nitrogen and oxygen atoms in total. The number of hydrogen-bond acceptors (Lipinski definition) is 5. The van der Waals surface area contributed by atoms with E-state index in [-0.39, 0.29) is 18.0 Å². The number of carbonyl (C=O) groups is 3. The van der Waals surface area contributed by atoms with E-state index in [1.165, 1.54) is 14.1 Å². The number of carbonyl (C=O) groups excluding carboxylic acids is 3. The van der Waals surface area contributed by atoms with Crippen LogP contribution in [-0.2, 0) is 9.59 Å². The second kappa shape index (κ2) is 8.54. The Labute approximate surface area is 165 Å². The number of piperazine rings is 1. The van der Waals surface area contributed by atoms with Crippen LogP contribution < -0.4 is 4.90 Å². The van der Waals surface area contributed by atoms with Gasteiger partial charge < -0.3 is 9.80 Å². The van der Waals surface area contributed by atoms with Crippen molar-refractivity contribution in [2.45, 2.75) is 6.92 Å². The minimum absolute atomic E-state index is 0. The van der Waals surface area contributed by atoms with Crippen LogP contribution in [0.3, 0.4) is 0 Å². The molecule has 1 aromatic rings. The van der Waals surface area contributed by atoms with Gasteiger partial charge in [-0.2, -0.15) is 0 Å². The summed E-state index contributed by atoms with van der Waals surface area (Å²) in [6.45, 7) is 6.96. The zero-order valence-corrected chi connectivity index (χ0v) is 16.7. The lowest BCUT2D eigenvalue weighted by Crippen LogP contribution is -2.53. The molecule has 0 radical (unpaired) electrons. The minimum atomic E-state index is -0.610. The Morgan fingerprint density at radius 1 is 0.926 bits per heavy atom. The summed E-state index contributed by atoms with van der Waals surface area (Å²) < 4.78 is 0. The third kappa shape index (κ3) is 3.99. The summed E-state index contributed by atoms with van der Waals surface area (Å²) in [6, 6.07) is 7.13. The summed E-state index contributed by atoms with van der Waals surface area (Å²) in [7, 11) is 2.77. The van der Waals surface area contributed by atoms with Gasteiger partial charge in [0.25, 0.3) is 11.8 Å². The SMILES string of the molecule is CCN1CCN(c2ccccc2C=C2C(=O)N(C)C(=O)N(C)C2=O)CC1.Cl. The van der Waals surface area contributed by atoms with Crippen LogP contribution in [0, 0.1) is 0 Å². The lowest BCUT2D eigenvalue weighted by Gasteiger charge is -2.36. The minimum Gasteiger partial charge on any atom is -0.368 e. The number of para-hydroxylation sites is 1. The second-order valence-electron chi connectivity index (χ2n) is 6.55. The molecule has 146 valence electrons. The predicted octanol–water partition coefficient (Wildman–Crippen LogP) is 1.68. The highest BCUT2D eigenvalue weighted by molar-refractivity contribution is 6.30. The van der Waals surface area contributed by atoms with Crippen molar-refractivity contribution in [1.82, 2.24) is 14.7 Å². The Morgan fingerprint density at radius 3 is 2.04 bits per heavy atom. The van der Waals surface area contributed by atoms with Crippen LogP contribution in [0.4, 0.5) is 10.5 Å². The van der Waals surface area contributed by atoms with Crippen LogP contribution in [0.15, 0.2) is 29.8 Å². The van der Waals surface area contributed by atoms with Gasteiger partial charge in [-0.15, -0.1) is 12.4 Å². The Hall–Kier alpha value is -2.38. The van der Waals surface area contributed by atoms with Crippen molar-refractivity contribution in [3.8, 4) is 0 Å². The number of benzene rings is 1. The molecule has 0 unspecified atom stereocenters. The lowest BCUT2D eigenvalue weighted by molar-refractivity contribution is -0.134. The fourth-order valence-electron chi connectivity index (χ4n) is 3.33. The molecule has 4 amide bonds. The molecule has 0 saturated carbocycles. The Bertz CT molecular complexity index is 746. The smallest absolute Gasteiger partial charge is 0.333 e. The molecular weight excluding hydrogens is 368 g/mol. The first kappa shape index (κ1) is 20.9. The molecule has 3 rings (SSSR count). The van der Waals surface area contributed by atoms with E-state index in [9.17, 15) is 14.4 Å². The molecule has 0 spiro atoms. The first-order chi connectivity index (χ1) is 12.4. The highest BCUT2D eigenvalue weighted by Gasteiger charge is 2.38. The molecule has 2 saturated heterocycles. The number of rotatable bonds is 3. The standard InChI is InChI=1S/C19H24N4O3.ClH/c1-4-22-9-11-23(12-10-22)16-8-6-5-7-14(16)13-15-17(24)20(2)19(26)21(3)18(15)25;/h5-8,13H,4,9-12H2,1-3H3;1H. The number of urea groups is 1. The van der Waals surface area contributed by atoms with Crippen molar-refractivity contribution in [2.24, 2.45) is 0 Å². The second-order valence-corrected chi connectivity index (χ2v) is 6.55. The third-order valence-electron chi connectivity index (χ3n) is 5.04. The zero-order chi connectivity index (χ0) is 18.8. The van der Waals surface area contributed by atoms with Crippen LogP contribution >= 0.6 is 12.4 Å². The summed E-state index contributed by atoms with van der Waals surface area (Å²) in [6.07, 6.45) is 1.60. The van der Waals surface area contributed by atoms with Gasteiger partial charge in [-0.05, 0) is 24.3 Å². The van der Waals surface area contributed by atoms with Gasteiger partial charge in [0, 0.05) is 46.0 Å². The van der Waals surface area contributed by atoms with Gasteiger partial charge in [0.15, 0.2) is 0 Å². The van der Waals surface area contributed by atoms with E-state index in [0.29, 0.717) is 0 Å². The first-order valence-electron chi connectivity index (χ1n) is 8.82. The van der Waals surface area contributed by atoms with E-state index in [2.05, 4.69) is 16.7 Å². The zero-order valence-electron chi connectivity index (χ0n) is 15.8. The summed E-state index contributed by atoms with van der Waals surface area (Å²) in [5.41, 5.74) is 1.82. The van der Waals surface area contributed by atoms with Crippen LogP contribution in [0.2, 0.25) is 0 Å². The van der Waals surface area contributed by atoms with E-state index in [1.54, 1.807) is 6.08 Å². The van der Waals surface area contributed by atoms with E-state index in [1.807, 2.05) is 24.3 Å². The van der Waals surface area contributed by atoms with Gasteiger partial charge in [-0.1, -0.05) is 25.1 Å². The number of halogens is 1. The van der Waals surface area contributed by atoms with Crippen LogP contribution in [0.1, 0.15) is 12.5 Å². The number of likely N-dealkylation sites (N-methyl/N-ethyl adjacent to an activating group) is 3. The summed E-state index contributed by atoms with van der Waals surface area (Å²) >= 11 is 0. The maximum Gasteiger partial charge on any atom is 0.333 e. The normalized spacial score (nSPS) is 18.7. The highest BCUT2D eigenvalue weighted by atomic mass is 35.5. The van der Waals surface area contributed by atoms with Crippen LogP contribution in [-0.4, -0.2) is 79.4 Å². The molecule has 2 heterocycles. The van der Waals surface area contributed by atoms with Crippen LogP contribution in [0.25, 0.3) is 6.08 Å². The van der Waals surface area contributed by atoms with Gasteiger partial charge in [0.05, 0.1) is 0 Å². The highest BCUT2D eigenvalue weighted by Crippen LogP contribution is 2.26. The topological polar surface area (TPSA) is 64.2 Å². The average molecular weight is 393 g/mol. The molecule has 27 heavy (non-hydrogen) atoms. The van der Waals surface area contributed by atoms with Crippen molar-refractivity contribution in [1.29, 1.82) is 0 Å². The fourth-order valence-corrected chi connectivity index (χ4v) is 3.33. The molecule has 2 aliphatic rings. The molecule has 8 heteroatoms. The molecule has 1 aromatic carbocycles. The quantitative estimate of drug-likeness (QED) is 0.578. The Kier molecular flexibility index (Phi) is 6.62. The van der Waals surface area contributed by atoms with Crippen molar-refractivity contribution < 1.29 is 14.4 Å². The maximum absolute atomic E-state index is 12.4. The summed E-state index contributed by atoms with van der Waals surface area (Å²) in [5, 5.41) is 0. The fraction of sp³-hybridized carbons (Fsp3) is 0.421. The predicted molar refractivity (Wildman–Crippen MR) is 107 cm³/mol. The van der Waals surface area contributed by atoms with Gasteiger partial charge >= 0.3 is 6.03 Å². The molecule has 0 aromatic heterocycles. The first-order valence-corrected chi connectivity index (χ1v) is 8.82. The average Bonchev–Trinajstić information content (AvgIpc) is 2.68. The molecule has 2 fully saturated rings. The Morgan fingerprint density at radius 2 is 1.48 bits per heavy atom. The van der Waals surface area contributed by atoms with Gasteiger partial charge in [-0.25, -0.2) is 4.79 Å².